The van der Waals surface area contributed by atoms with Gasteiger partial charge in [-0.15, -0.1) is 0 Å². The third kappa shape index (κ3) is 3.82. The molecule has 0 radical (unpaired) electrons. The fourth-order valence-corrected chi connectivity index (χ4v) is 5.30. The van der Waals surface area contributed by atoms with Crippen molar-refractivity contribution in [2.45, 2.75) is 23.4 Å². The van der Waals surface area contributed by atoms with Gasteiger partial charge in [-0.1, -0.05) is 28.1 Å². The lowest BCUT2D eigenvalue weighted by Crippen LogP contribution is -2.52. The zero-order chi connectivity index (χ0) is 20.6. The second-order valence-corrected chi connectivity index (χ2v) is 9.89. The third-order valence-corrected chi connectivity index (χ3v) is 7.69. The highest BCUT2D eigenvalue weighted by molar-refractivity contribution is 9.10. The van der Waals surface area contributed by atoms with E-state index in [9.17, 15) is 13.2 Å². The molecule has 0 saturated carbocycles. The standard InChI is InChI=1S/C20H20BrN3O4S/c1-28-16-6-8-17(9-7-16)29(26,27)24-12-10-20(11-13-24)22-18(19(25)23-20)14-2-4-15(21)5-3-14/h2-9H,10-13H2,1H3,(H,23,25). The number of piperidine rings is 1. The van der Waals surface area contributed by atoms with Crippen LogP contribution in [-0.2, 0) is 14.8 Å². The number of methoxy groups -OCH3 is 1. The summed E-state index contributed by atoms with van der Waals surface area (Å²) >= 11 is 3.38. The van der Waals surface area contributed by atoms with Crippen molar-refractivity contribution < 1.29 is 17.9 Å². The van der Waals surface area contributed by atoms with Crippen molar-refractivity contribution in [2.24, 2.45) is 4.99 Å². The van der Waals surface area contributed by atoms with Crippen LogP contribution in [-0.4, -0.2) is 50.2 Å². The summed E-state index contributed by atoms with van der Waals surface area (Å²) in [5, 5.41) is 2.97. The highest BCUT2D eigenvalue weighted by atomic mass is 79.9. The maximum Gasteiger partial charge on any atom is 0.272 e. The summed E-state index contributed by atoms with van der Waals surface area (Å²) in [6, 6.07) is 13.7. The molecule has 29 heavy (non-hydrogen) atoms. The number of sulfonamides is 1. The second kappa shape index (κ2) is 7.55. The largest absolute Gasteiger partial charge is 0.497 e. The Labute approximate surface area is 178 Å². The fraction of sp³-hybridized carbons (Fsp3) is 0.300. The summed E-state index contributed by atoms with van der Waals surface area (Å²) in [7, 11) is -2.07. The lowest BCUT2D eigenvalue weighted by Gasteiger charge is -2.36. The molecule has 1 amide bonds. The quantitative estimate of drug-likeness (QED) is 0.732. The second-order valence-electron chi connectivity index (χ2n) is 7.03. The van der Waals surface area contributed by atoms with Gasteiger partial charge in [0, 0.05) is 36.0 Å². The Morgan fingerprint density at radius 3 is 2.28 bits per heavy atom. The van der Waals surface area contributed by atoms with Crippen LogP contribution < -0.4 is 10.1 Å². The number of ether oxygens (including phenoxy) is 1. The summed E-state index contributed by atoms with van der Waals surface area (Å²) in [5.41, 5.74) is 0.394. The minimum atomic E-state index is -3.61. The van der Waals surface area contributed by atoms with E-state index in [0.717, 1.165) is 10.0 Å². The lowest BCUT2D eigenvalue weighted by atomic mass is 10.00. The molecular weight excluding hydrogens is 458 g/mol. The van der Waals surface area contributed by atoms with E-state index >= 15 is 0 Å². The molecule has 1 saturated heterocycles. The number of rotatable bonds is 4. The van der Waals surface area contributed by atoms with Crippen LogP contribution in [0.1, 0.15) is 18.4 Å². The van der Waals surface area contributed by atoms with E-state index in [1.54, 1.807) is 24.3 Å². The first-order valence-electron chi connectivity index (χ1n) is 9.16. The van der Waals surface area contributed by atoms with E-state index in [2.05, 4.69) is 26.2 Å². The molecule has 9 heteroatoms. The molecule has 2 aromatic rings. The molecule has 1 N–H and O–H groups in total. The average Bonchev–Trinajstić information content (AvgIpc) is 3.04. The number of nitrogens with zero attached hydrogens (tertiary/aromatic N) is 2. The topological polar surface area (TPSA) is 88.1 Å². The Hall–Kier alpha value is -2.23. The van der Waals surface area contributed by atoms with Gasteiger partial charge in [0.2, 0.25) is 10.0 Å². The predicted octanol–water partition coefficient (Wildman–Crippen LogP) is 2.56. The van der Waals surface area contributed by atoms with Crippen LogP contribution in [0.3, 0.4) is 0 Å². The Morgan fingerprint density at radius 2 is 1.69 bits per heavy atom. The molecule has 7 nitrogen and oxygen atoms in total. The first-order valence-corrected chi connectivity index (χ1v) is 11.4. The molecule has 0 unspecified atom stereocenters. The molecule has 0 bridgehead atoms. The van der Waals surface area contributed by atoms with Crippen molar-refractivity contribution in [1.29, 1.82) is 0 Å². The number of carbonyl (C=O) groups excluding carboxylic acids is 1. The first-order chi connectivity index (χ1) is 13.8. The molecule has 1 fully saturated rings. The van der Waals surface area contributed by atoms with Gasteiger partial charge in [0.15, 0.2) is 0 Å². The molecule has 0 aromatic heterocycles. The van der Waals surface area contributed by atoms with Gasteiger partial charge in [-0.3, -0.25) is 9.79 Å². The van der Waals surface area contributed by atoms with Gasteiger partial charge < -0.3 is 10.1 Å². The van der Waals surface area contributed by atoms with E-state index in [-0.39, 0.29) is 23.9 Å². The zero-order valence-electron chi connectivity index (χ0n) is 15.8. The number of amides is 1. The lowest BCUT2D eigenvalue weighted by molar-refractivity contribution is -0.115. The number of hydrogen-bond donors (Lipinski definition) is 1. The number of aliphatic imine (C=N–C) groups is 1. The van der Waals surface area contributed by atoms with E-state index in [1.165, 1.54) is 11.4 Å². The van der Waals surface area contributed by atoms with Crippen LogP contribution in [0.15, 0.2) is 62.9 Å². The first kappa shape index (κ1) is 20.1. The van der Waals surface area contributed by atoms with Crippen LogP contribution in [0.5, 0.6) is 5.75 Å². The van der Waals surface area contributed by atoms with Gasteiger partial charge in [0.05, 0.1) is 12.0 Å². The van der Waals surface area contributed by atoms with Crippen LogP contribution in [0.2, 0.25) is 0 Å². The smallest absolute Gasteiger partial charge is 0.272 e. The zero-order valence-corrected chi connectivity index (χ0v) is 18.2. The molecule has 152 valence electrons. The summed E-state index contributed by atoms with van der Waals surface area (Å²) in [4.78, 5) is 17.4. The molecule has 2 aliphatic heterocycles. The highest BCUT2D eigenvalue weighted by Gasteiger charge is 2.44. The van der Waals surface area contributed by atoms with Crippen molar-refractivity contribution in [3.05, 3.63) is 58.6 Å². The molecular formula is C20H20BrN3O4S. The van der Waals surface area contributed by atoms with E-state index in [0.29, 0.717) is 24.3 Å². The molecule has 0 aliphatic carbocycles. The number of carbonyl (C=O) groups is 1. The van der Waals surface area contributed by atoms with Crippen molar-refractivity contribution in [3.63, 3.8) is 0 Å². The average molecular weight is 478 g/mol. The minimum absolute atomic E-state index is 0.223. The Balaban J connectivity index is 1.51. The van der Waals surface area contributed by atoms with Crippen molar-refractivity contribution in [2.75, 3.05) is 20.2 Å². The molecule has 2 aliphatic rings. The summed E-state index contributed by atoms with van der Waals surface area (Å²) in [6.45, 7) is 0.567. The third-order valence-electron chi connectivity index (χ3n) is 5.25. The van der Waals surface area contributed by atoms with Crippen LogP contribution in [0, 0.1) is 0 Å². The number of halogens is 1. The fourth-order valence-electron chi connectivity index (χ4n) is 3.60. The van der Waals surface area contributed by atoms with Gasteiger partial charge in [-0.25, -0.2) is 8.42 Å². The van der Waals surface area contributed by atoms with Crippen molar-refractivity contribution in [3.8, 4) is 5.75 Å². The molecule has 2 heterocycles. The summed E-state index contributed by atoms with van der Waals surface area (Å²) in [5.74, 6) is 0.379. The van der Waals surface area contributed by atoms with Gasteiger partial charge in [0.1, 0.15) is 17.1 Å². The highest BCUT2D eigenvalue weighted by Crippen LogP contribution is 2.31. The van der Waals surface area contributed by atoms with Crippen molar-refractivity contribution >= 4 is 37.6 Å². The Kier molecular flexibility index (Phi) is 5.22. The number of nitrogens with one attached hydrogen (secondary N) is 1. The van der Waals surface area contributed by atoms with Gasteiger partial charge in [-0.05, 0) is 36.4 Å². The van der Waals surface area contributed by atoms with Crippen LogP contribution in [0.25, 0.3) is 0 Å². The Bertz CT molecular complexity index is 1060. The van der Waals surface area contributed by atoms with E-state index < -0.39 is 15.7 Å². The molecule has 1 spiro atoms. The predicted molar refractivity (Wildman–Crippen MR) is 113 cm³/mol. The van der Waals surface area contributed by atoms with Gasteiger partial charge in [0.25, 0.3) is 5.91 Å². The molecule has 0 atom stereocenters. The van der Waals surface area contributed by atoms with E-state index in [4.69, 9.17) is 4.74 Å². The SMILES string of the molecule is COc1ccc(S(=O)(=O)N2CCC3(CC2)N=C(c2ccc(Br)cc2)C(=O)N3)cc1. The summed E-state index contributed by atoms with van der Waals surface area (Å²) in [6.07, 6.45) is 0.850. The van der Waals surface area contributed by atoms with Crippen molar-refractivity contribution in [1.82, 2.24) is 9.62 Å². The number of hydrogen-bond acceptors (Lipinski definition) is 5. The van der Waals surface area contributed by atoms with Gasteiger partial charge >= 0.3 is 0 Å². The molecule has 2 aromatic carbocycles. The normalized spacial score (nSPS) is 19.1. The maximum atomic E-state index is 12.9. The Morgan fingerprint density at radius 1 is 1.07 bits per heavy atom. The van der Waals surface area contributed by atoms with Crippen LogP contribution in [0.4, 0.5) is 0 Å². The molecule has 4 rings (SSSR count). The summed E-state index contributed by atoms with van der Waals surface area (Å²) < 4.78 is 33.3. The van der Waals surface area contributed by atoms with Crippen LogP contribution >= 0.6 is 15.9 Å². The van der Waals surface area contributed by atoms with E-state index in [1.807, 2.05) is 24.3 Å². The van der Waals surface area contributed by atoms with Gasteiger partial charge in [-0.2, -0.15) is 4.31 Å². The number of benzene rings is 2. The minimum Gasteiger partial charge on any atom is -0.497 e. The maximum absolute atomic E-state index is 12.9. The monoisotopic (exact) mass is 477 g/mol.